The van der Waals surface area contributed by atoms with E-state index >= 15 is 0 Å². The number of aromatic nitrogens is 1. The molecule has 0 atom stereocenters. The van der Waals surface area contributed by atoms with Crippen molar-refractivity contribution in [3.63, 3.8) is 0 Å². The van der Waals surface area contributed by atoms with Gasteiger partial charge in [0, 0.05) is 27.6 Å². The molecule has 10 aromatic carbocycles. The first-order valence-electron chi connectivity index (χ1n) is 25.1. The molecule has 2 heterocycles. The Morgan fingerprint density at radius 2 is 0.909 bits per heavy atom. The maximum absolute atomic E-state index is 9.14. The molecule has 1 aliphatic rings. The lowest BCUT2D eigenvalue weighted by atomic mass is 9.64. The molecule has 0 aliphatic carbocycles. The van der Waals surface area contributed by atoms with Gasteiger partial charge in [-0.05, 0) is 116 Å². The number of hydrogen-bond acceptors (Lipinski definition) is 1. The van der Waals surface area contributed by atoms with E-state index in [2.05, 4.69) is 225 Å². The second kappa shape index (κ2) is 15.8. The molecule has 12 rings (SSSR count). The van der Waals surface area contributed by atoms with Gasteiger partial charge >= 0.3 is 0 Å². The molecule has 0 bridgehead atoms. The van der Waals surface area contributed by atoms with Gasteiger partial charge in [0.2, 0.25) is 0 Å². The van der Waals surface area contributed by atoms with Gasteiger partial charge in [-0.25, -0.2) is 0 Å². The molecule has 2 heteroatoms. The summed E-state index contributed by atoms with van der Waals surface area (Å²) in [6.45, 7) is 4.41. The van der Waals surface area contributed by atoms with Gasteiger partial charge in [-0.15, -0.1) is 0 Å². The average Bonchev–Trinajstić information content (AvgIpc) is 3.75. The van der Waals surface area contributed by atoms with Crippen LogP contribution in [-0.2, 0) is 10.8 Å². The number of anilines is 3. The van der Waals surface area contributed by atoms with Crippen LogP contribution in [0.3, 0.4) is 0 Å². The molecule has 1 aliphatic heterocycles. The third-order valence-electron chi connectivity index (χ3n) is 13.8. The van der Waals surface area contributed by atoms with Gasteiger partial charge in [0.1, 0.15) is 0 Å². The molecule has 66 heavy (non-hydrogen) atoms. The first-order chi connectivity index (χ1) is 34.6. The van der Waals surface area contributed by atoms with Gasteiger partial charge in [0.05, 0.1) is 34.7 Å². The second-order valence-corrected chi connectivity index (χ2v) is 17.7. The molecular formula is C64H48N2. The predicted octanol–water partition coefficient (Wildman–Crippen LogP) is 16.6. The minimum absolute atomic E-state index is 0.124. The van der Waals surface area contributed by atoms with Crippen molar-refractivity contribution in [3.8, 4) is 27.9 Å². The van der Waals surface area contributed by atoms with Crippen LogP contribution in [-0.4, -0.2) is 4.57 Å². The van der Waals surface area contributed by atoms with Crippen LogP contribution in [0, 0.1) is 0 Å². The van der Waals surface area contributed by atoms with Crippen molar-refractivity contribution in [2.45, 2.75) is 24.7 Å². The first kappa shape index (κ1) is 34.2. The van der Waals surface area contributed by atoms with E-state index in [9.17, 15) is 0 Å². The standard InChI is InChI=1S/C64H48N2/c1-63(2)57-34-16-18-36-60(57)65(53-31-13-6-14-32-53)61-40-38-54(44-58(61)63)66-59-35-17-15-33-55(59)56-39-37-52(43-62(56)66)64(49-27-11-5-12-28-49,50-29-19-25-47(41-50)45-21-7-3-8-22-45)51-30-20-26-48(42-51)46-23-9-4-10-24-46/h3-44H,1-2H3/i6D,13D,14D,31D,32D. The molecule has 2 nitrogen and oxygen atoms in total. The maximum atomic E-state index is 9.14. The Hall–Kier alpha value is -8.20. The number of benzene rings is 10. The summed E-state index contributed by atoms with van der Waals surface area (Å²) in [6, 6.07) is 78.5. The summed E-state index contributed by atoms with van der Waals surface area (Å²) >= 11 is 0. The van der Waals surface area contributed by atoms with Crippen LogP contribution in [0.5, 0.6) is 0 Å². The highest BCUT2D eigenvalue weighted by atomic mass is 15.2. The number of fused-ring (bicyclic) bond motifs is 5. The van der Waals surface area contributed by atoms with Crippen molar-refractivity contribution in [2.24, 2.45) is 0 Å². The fourth-order valence-corrected chi connectivity index (χ4v) is 10.7. The Bertz CT molecular complexity index is 3750. The molecule has 314 valence electrons. The van der Waals surface area contributed by atoms with E-state index in [0.717, 1.165) is 94.5 Å². The van der Waals surface area contributed by atoms with Crippen molar-refractivity contribution in [3.05, 3.63) is 288 Å². The van der Waals surface area contributed by atoms with Gasteiger partial charge in [0.15, 0.2) is 0 Å². The van der Waals surface area contributed by atoms with Crippen molar-refractivity contribution < 1.29 is 6.85 Å². The zero-order valence-electron chi connectivity index (χ0n) is 41.8. The van der Waals surface area contributed by atoms with E-state index in [1.807, 2.05) is 23.1 Å². The highest BCUT2D eigenvalue weighted by molar-refractivity contribution is 6.09. The minimum atomic E-state index is -0.793. The normalized spacial score (nSPS) is 14.2. The summed E-state index contributed by atoms with van der Waals surface area (Å²) in [5.74, 6) is 0. The number of nitrogens with zero attached hydrogens (tertiary/aromatic N) is 2. The highest BCUT2D eigenvalue weighted by Crippen LogP contribution is 2.53. The Kier molecular flexibility index (Phi) is 8.20. The van der Waals surface area contributed by atoms with Gasteiger partial charge in [-0.3, -0.25) is 0 Å². The van der Waals surface area contributed by atoms with Gasteiger partial charge < -0.3 is 9.47 Å². The Labute approximate surface area is 394 Å². The van der Waals surface area contributed by atoms with E-state index in [1.54, 1.807) is 0 Å². The largest absolute Gasteiger partial charge is 0.310 e. The van der Waals surface area contributed by atoms with Crippen LogP contribution in [0.4, 0.5) is 17.1 Å². The summed E-state index contributed by atoms with van der Waals surface area (Å²) in [6.07, 6.45) is 0. The highest BCUT2D eigenvalue weighted by Gasteiger charge is 2.40. The molecule has 0 saturated carbocycles. The number of hydrogen-bond donors (Lipinski definition) is 0. The number of rotatable bonds is 8. The molecule has 0 fully saturated rings. The summed E-state index contributed by atoms with van der Waals surface area (Å²) in [7, 11) is 0. The molecule has 0 N–H and O–H groups in total. The summed E-state index contributed by atoms with van der Waals surface area (Å²) in [5.41, 5.74) is 14.4. The first-order valence-corrected chi connectivity index (χ1v) is 22.6. The van der Waals surface area contributed by atoms with Crippen molar-refractivity contribution in [1.29, 1.82) is 0 Å². The van der Waals surface area contributed by atoms with Crippen molar-refractivity contribution in [1.82, 2.24) is 4.57 Å². The lowest BCUT2D eigenvalue weighted by molar-refractivity contribution is 0.631. The molecule has 0 unspecified atom stereocenters. The Morgan fingerprint density at radius 3 is 1.59 bits per heavy atom. The van der Waals surface area contributed by atoms with Crippen molar-refractivity contribution >= 4 is 38.9 Å². The van der Waals surface area contributed by atoms with Crippen LogP contribution in [0.25, 0.3) is 49.7 Å². The van der Waals surface area contributed by atoms with Gasteiger partial charge in [-0.2, -0.15) is 0 Å². The molecule has 0 spiro atoms. The molecule has 1 aromatic heterocycles. The predicted molar refractivity (Wildman–Crippen MR) is 277 cm³/mol. The molecular weight excluding hydrogens is 797 g/mol. The third kappa shape index (κ3) is 6.25. The molecule has 0 amide bonds. The minimum Gasteiger partial charge on any atom is -0.310 e. The van der Waals surface area contributed by atoms with E-state index < -0.39 is 16.9 Å². The van der Waals surface area contributed by atoms with Crippen LogP contribution >= 0.6 is 0 Å². The molecule has 11 aromatic rings. The number of para-hydroxylation sites is 3. The van der Waals surface area contributed by atoms with Crippen LogP contribution in [0.15, 0.2) is 255 Å². The summed E-state index contributed by atoms with van der Waals surface area (Å²) < 4.78 is 46.4. The Morgan fingerprint density at radius 1 is 0.379 bits per heavy atom. The van der Waals surface area contributed by atoms with Crippen LogP contribution in [0.1, 0.15) is 54.1 Å². The van der Waals surface area contributed by atoms with Gasteiger partial charge in [-0.1, -0.05) is 208 Å². The lowest BCUT2D eigenvalue weighted by Gasteiger charge is -2.42. The zero-order valence-corrected chi connectivity index (χ0v) is 36.8. The summed E-state index contributed by atoms with van der Waals surface area (Å²) in [4.78, 5) is 1.87. The zero-order chi connectivity index (χ0) is 48.6. The van der Waals surface area contributed by atoms with E-state index in [4.69, 9.17) is 6.85 Å². The Balaban J connectivity index is 1.14. The second-order valence-electron chi connectivity index (χ2n) is 17.7. The van der Waals surface area contributed by atoms with Gasteiger partial charge in [0.25, 0.3) is 0 Å². The van der Waals surface area contributed by atoms with Crippen LogP contribution in [0.2, 0.25) is 0 Å². The quantitative estimate of drug-likeness (QED) is 0.138. The smallest absolute Gasteiger partial charge is 0.0702 e. The summed E-state index contributed by atoms with van der Waals surface area (Å²) in [5, 5.41) is 2.24. The fourth-order valence-electron chi connectivity index (χ4n) is 10.7. The lowest BCUT2D eigenvalue weighted by Crippen LogP contribution is -2.31. The fraction of sp³-hybridized carbons (Fsp3) is 0.0625. The maximum Gasteiger partial charge on any atom is 0.0702 e. The average molecular weight is 850 g/mol. The SMILES string of the molecule is [2H]c1c([2H])c([2H])c(N2c3ccccc3C(C)(C)c3cc(-n4c5ccccc5c5ccc(C(c6ccccc6)(c6cccc(-c7ccccc7)c6)c6cccc(-c7ccccc7)c6)cc54)ccc32)c([2H])c1[2H]. The van der Waals surface area contributed by atoms with E-state index in [1.165, 1.54) is 0 Å². The topological polar surface area (TPSA) is 8.17 Å². The molecule has 0 saturated heterocycles. The van der Waals surface area contributed by atoms with Crippen molar-refractivity contribution in [2.75, 3.05) is 4.90 Å². The van der Waals surface area contributed by atoms with Crippen LogP contribution < -0.4 is 4.90 Å². The third-order valence-corrected chi connectivity index (χ3v) is 13.8. The van der Waals surface area contributed by atoms with E-state index in [-0.39, 0.29) is 29.9 Å². The molecule has 0 radical (unpaired) electrons. The van der Waals surface area contributed by atoms with E-state index in [0.29, 0.717) is 0 Å². The monoisotopic (exact) mass is 849 g/mol.